The number of nitrogens with zero attached hydrogens (tertiary/aromatic N) is 1. The van der Waals surface area contributed by atoms with Crippen molar-refractivity contribution >= 4 is 17.6 Å². The van der Waals surface area contributed by atoms with Crippen molar-refractivity contribution in [2.24, 2.45) is 0 Å². The maximum Gasteiger partial charge on any atom is 0.253 e. The van der Waals surface area contributed by atoms with Crippen molar-refractivity contribution in [1.29, 1.82) is 0 Å². The van der Waals surface area contributed by atoms with E-state index in [0.717, 1.165) is 38.5 Å². The van der Waals surface area contributed by atoms with E-state index in [1.807, 2.05) is 18.2 Å². The highest BCUT2D eigenvalue weighted by Crippen LogP contribution is 2.11. The molecule has 0 saturated carbocycles. The van der Waals surface area contributed by atoms with E-state index in [0.29, 0.717) is 25.2 Å². The van der Waals surface area contributed by atoms with Gasteiger partial charge in [0.05, 0.1) is 0 Å². The Morgan fingerprint density at radius 2 is 1.42 bits per heavy atom. The number of rotatable bonds is 11. The molecule has 4 nitrogen and oxygen atoms in total. The average Bonchev–Trinajstić information content (AvgIpc) is 2.91. The predicted octanol–water partition coefficient (Wildman–Crippen LogP) is 3.45. The molecule has 0 N–H and O–H groups in total. The number of ketones is 1. The van der Waals surface area contributed by atoms with Crippen molar-refractivity contribution in [3.05, 3.63) is 48.0 Å². The molecular formula is C20H25NO3. The second kappa shape index (κ2) is 9.81. The van der Waals surface area contributed by atoms with Gasteiger partial charge in [-0.15, -0.1) is 0 Å². The van der Waals surface area contributed by atoms with Gasteiger partial charge >= 0.3 is 0 Å². The van der Waals surface area contributed by atoms with Gasteiger partial charge in [0.15, 0.2) is 0 Å². The Morgan fingerprint density at radius 1 is 0.792 bits per heavy atom. The molecule has 0 atom stereocenters. The lowest BCUT2D eigenvalue weighted by molar-refractivity contribution is -0.136. The third kappa shape index (κ3) is 6.11. The number of Topliss-reactive ketones (excluding diaryl/α,β-unsaturated/α-hetero) is 1. The summed E-state index contributed by atoms with van der Waals surface area (Å²) in [6.45, 7) is 0.454. The lowest BCUT2D eigenvalue weighted by Gasteiger charge is -2.12. The summed E-state index contributed by atoms with van der Waals surface area (Å²) in [5.41, 5.74) is 1.32. The topological polar surface area (TPSA) is 54.5 Å². The van der Waals surface area contributed by atoms with Crippen LogP contribution < -0.4 is 0 Å². The van der Waals surface area contributed by atoms with Crippen molar-refractivity contribution in [2.45, 2.75) is 51.4 Å². The summed E-state index contributed by atoms with van der Waals surface area (Å²) in [6, 6.07) is 10.3. The third-order valence-corrected chi connectivity index (χ3v) is 4.25. The number of hydrogen-bond donors (Lipinski definition) is 0. The van der Waals surface area contributed by atoms with Gasteiger partial charge in [-0.1, -0.05) is 36.8 Å². The quantitative estimate of drug-likeness (QED) is 0.462. The first-order valence-electron chi connectivity index (χ1n) is 8.76. The first-order chi connectivity index (χ1) is 11.7. The van der Waals surface area contributed by atoms with Crippen molar-refractivity contribution < 1.29 is 14.4 Å². The van der Waals surface area contributed by atoms with Gasteiger partial charge in [0.25, 0.3) is 11.8 Å². The van der Waals surface area contributed by atoms with E-state index in [1.165, 1.54) is 22.6 Å². The number of carbonyl (C=O) groups is 3. The van der Waals surface area contributed by atoms with Gasteiger partial charge in [-0.3, -0.25) is 19.3 Å². The first kappa shape index (κ1) is 18.1. The minimum absolute atomic E-state index is 0.227. The maximum absolute atomic E-state index is 11.8. The van der Waals surface area contributed by atoms with Crippen LogP contribution in [0, 0.1) is 0 Å². The zero-order valence-electron chi connectivity index (χ0n) is 14.1. The van der Waals surface area contributed by atoms with Crippen molar-refractivity contribution in [1.82, 2.24) is 4.90 Å². The first-order valence-corrected chi connectivity index (χ1v) is 8.76. The molecule has 1 aromatic rings. The molecule has 2 rings (SSSR count). The van der Waals surface area contributed by atoms with Crippen LogP contribution in [0.25, 0.3) is 0 Å². The molecule has 0 saturated heterocycles. The standard InChI is InChI=1S/C20H25NO3/c22-18(13-7-6-11-17-9-3-1-4-10-17)12-5-2-8-16-21-19(23)14-15-20(21)24/h1,3-4,9-10,14-15H,2,5-8,11-13,16H2. The summed E-state index contributed by atoms with van der Waals surface area (Å²) < 4.78 is 0. The Kier molecular flexibility index (Phi) is 7.40. The van der Waals surface area contributed by atoms with Crippen molar-refractivity contribution in [3.63, 3.8) is 0 Å². The number of aryl methyl sites for hydroxylation is 1. The number of benzene rings is 1. The normalized spacial score (nSPS) is 13.8. The van der Waals surface area contributed by atoms with Gasteiger partial charge < -0.3 is 0 Å². The molecule has 1 aliphatic rings. The fourth-order valence-corrected chi connectivity index (χ4v) is 2.84. The molecule has 1 heterocycles. The Balaban J connectivity index is 1.46. The van der Waals surface area contributed by atoms with E-state index in [-0.39, 0.29) is 11.8 Å². The van der Waals surface area contributed by atoms with E-state index in [9.17, 15) is 14.4 Å². The molecule has 128 valence electrons. The molecule has 0 aliphatic carbocycles. The Labute approximate surface area is 143 Å². The Morgan fingerprint density at radius 3 is 2.08 bits per heavy atom. The minimum atomic E-state index is -0.227. The third-order valence-electron chi connectivity index (χ3n) is 4.25. The Hall–Kier alpha value is -2.23. The van der Waals surface area contributed by atoms with Crippen LogP contribution in [0.15, 0.2) is 42.5 Å². The zero-order valence-corrected chi connectivity index (χ0v) is 14.1. The minimum Gasteiger partial charge on any atom is -0.300 e. The van der Waals surface area contributed by atoms with Crippen LogP contribution in [-0.2, 0) is 20.8 Å². The molecule has 0 aromatic heterocycles. The van der Waals surface area contributed by atoms with Gasteiger partial charge in [0.2, 0.25) is 0 Å². The van der Waals surface area contributed by atoms with Gasteiger partial charge in [0.1, 0.15) is 5.78 Å². The molecule has 24 heavy (non-hydrogen) atoms. The largest absolute Gasteiger partial charge is 0.300 e. The molecule has 0 unspecified atom stereocenters. The lowest BCUT2D eigenvalue weighted by atomic mass is 10.0. The number of hydrogen-bond acceptors (Lipinski definition) is 3. The van der Waals surface area contributed by atoms with Crippen LogP contribution >= 0.6 is 0 Å². The maximum atomic E-state index is 11.8. The highest BCUT2D eigenvalue weighted by Gasteiger charge is 2.22. The molecular weight excluding hydrogens is 302 g/mol. The van der Waals surface area contributed by atoms with Crippen LogP contribution in [0.2, 0.25) is 0 Å². The molecule has 1 aliphatic heterocycles. The summed E-state index contributed by atoms with van der Waals surface area (Å²) in [7, 11) is 0. The molecule has 4 heteroatoms. The summed E-state index contributed by atoms with van der Waals surface area (Å²) in [5, 5.41) is 0. The number of amides is 2. The molecule has 1 aromatic carbocycles. The van der Waals surface area contributed by atoms with E-state index in [2.05, 4.69) is 12.1 Å². The summed E-state index contributed by atoms with van der Waals surface area (Å²) in [4.78, 5) is 35.8. The Bertz CT molecular complexity index is 574. The molecule has 0 spiro atoms. The van der Waals surface area contributed by atoms with Crippen molar-refractivity contribution in [3.8, 4) is 0 Å². The number of unbranched alkanes of at least 4 members (excludes halogenated alkanes) is 3. The zero-order chi connectivity index (χ0) is 17.2. The van der Waals surface area contributed by atoms with Gasteiger partial charge in [-0.2, -0.15) is 0 Å². The van der Waals surface area contributed by atoms with Crippen LogP contribution in [0.1, 0.15) is 50.5 Å². The van der Waals surface area contributed by atoms with E-state index < -0.39 is 0 Å². The van der Waals surface area contributed by atoms with Gasteiger partial charge in [-0.05, 0) is 37.7 Å². The number of carbonyl (C=O) groups excluding carboxylic acids is 3. The fraction of sp³-hybridized carbons (Fsp3) is 0.450. The van der Waals surface area contributed by atoms with E-state index in [1.54, 1.807) is 0 Å². The van der Waals surface area contributed by atoms with E-state index in [4.69, 9.17) is 0 Å². The monoisotopic (exact) mass is 327 g/mol. The van der Waals surface area contributed by atoms with Crippen LogP contribution in [0.3, 0.4) is 0 Å². The summed E-state index contributed by atoms with van der Waals surface area (Å²) in [6.07, 6.45) is 9.35. The highest BCUT2D eigenvalue weighted by atomic mass is 16.2. The van der Waals surface area contributed by atoms with Crippen molar-refractivity contribution in [2.75, 3.05) is 6.54 Å². The molecule has 0 fully saturated rings. The summed E-state index contributed by atoms with van der Waals surface area (Å²) >= 11 is 0. The number of imide groups is 1. The second-order valence-corrected chi connectivity index (χ2v) is 6.20. The van der Waals surface area contributed by atoms with E-state index >= 15 is 0 Å². The molecule has 0 radical (unpaired) electrons. The van der Waals surface area contributed by atoms with Crippen LogP contribution in [0.5, 0.6) is 0 Å². The molecule has 2 amide bonds. The lowest BCUT2D eigenvalue weighted by Crippen LogP contribution is -2.30. The van der Waals surface area contributed by atoms with Crippen LogP contribution in [0.4, 0.5) is 0 Å². The second-order valence-electron chi connectivity index (χ2n) is 6.20. The summed E-state index contributed by atoms with van der Waals surface area (Å²) in [5.74, 6) is -0.137. The fourth-order valence-electron chi connectivity index (χ4n) is 2.84. The predicted molar refractivity (Wildman–Crippen MR) is 93.3 cm³/mol. The van der Waals surface area contributed by atoms with Gasteiger partial charge in [-0.25, -0.2) is 0 Å². The average molecular weight is 327 g/mol. The smallest absolute Gasteiger partial charge is 0.253 e. The molecule has 0 bridgehead atoms. The van der Waals surface area contributed by atoms with Crippen LogP contribution in [-0.4, -0.2) is 29.0 Å². The SMILES string of the molecule is O=C(CCCCCN1C(=O)C=CC1=O)CCCCc1ccccc1. The van der Waals surface area contributed by atoms with Gasteiger partial charge in [0, 0.05) is 31.5 Å². The highest BCUT2D eigenvalue weighted by molar-refractivity contribution is 6.12.